The number of nitrogens with one attached hydrogen (secondary N) is 1. The van der Waals surface area contributed by atoms with Crippen LogP contribution in [0, 0.1) is 0 Å². The molecular formula is C22H24N2O6. The topological polar surface area (TPSA) is 97.3 Å². The average Bonchev–Trinajstić information content (AvgIpc) is 3.22. The van der Waals surface area contributed by atoms with Crippen molar-refractivity contribution < 1.29 is 28.9 Å². The molecule has 8 nitrogen and oxygen atoms in total. The smallest absolute Gasteiger partial charge is 0.303 e. The van der Waals surface area contributed by atoms with E-state index in [4.69, 9.17) is 19.3 Å². The van der Waals surface area contributed by atoms with Crippen molar-refractivity contribution in [2.45, 2.75) is 18.9 Å². The molecule has 1 unspecified atom stereocenters. The second-order valence-corrected chi connectivity index (χ2v) is 6.64. The molecule has 3 rings (SSSR count). The van der Waals surface area contributed by atoms with E-state index in [9.17, 15) is 9.59 Å². The van der Waals surface area contributed by atoms with Gasteiger partial charge in [0.2, 0.25) is 5.91 Å². The lowest BCUT2D eigenvalue weighted by atomic mass is 10.0. The molecule has 0 bridgehead atoms. The number of carboxylic acids is 1. The molecule has 0 aliphatic carbocycles. The Bertz CT molecular complexity index is 955. The van der Waals surface area contributed by atoms with Crippen LogP contribution in [0.4, 0.5) is 0 Å². The summed E-state index contributed by atoms with van der Waals surface area (Å²) in [5, 5.41) is 10.4. The summed E-state index contributed by atoms with van der Waals surface area (Å²) in [5.41, 5.74) is 5.53. The Morgan fingerprint density at radius 3 is 2.27 bits per heavy atom. The van der Waals surface area contributed by atoms with Gasteiger partial charge in [-0.1, -0.05) is 6.07 Å². The minimum Gasteiger partial charge on any atom is -0.497 e. The molecule has 2 aromatic rings. The normalized spacial score (nSPS) is 15.2. The minimum atomic E-state index is -1.02. The molecule has 1 aliphatic heterocycles. The number of carbonyl (C=O) groups is 2. The number of rotatable bonds is 8. The van der Waals surface area contributed by atoms with E-state index < -0.39 is 12.0 Å². The molecule has 1 amide bonds. The Hall–Kier alpha value is -3.68. The summed E-state index contributed by atoms with van der Waals surface area (Å²) in [6, 6.07) is 12.4. The summed E-state index contributed by atoms with van der Waals surface area (Å²) in [6.07, 6.45) is 1.56. The molecule has 30 heavy (non-hydrogen) atoms. The van der Waals surface area contributed by atoms with Gasteiger partial charge in [-0.2, -0.15) is 0 Å². The Morgan fingerprint density at radius 1 is 0.967 bits per heavy atom. The molecule has 0 radical (unpaired) electrons. The number of methoxy groups -OCH3 is 3. The lowest BCUT2D eigenvalue weighted by Crippen LogP contribution is -2.39. The Labute approximate surface area is 174 Å². The van der Waals surface area contributed by atoms with Gasteiger partial charge >= 0.3 is 5.97 Å². The van der Waals surface area contributed by atoms with Crippen LogP contribution in [0.3, 0.4) is 0 Å². The number of hydrazine groups is 1. The lowest BCUT2D eigenvalue weighted by molar-refractivity contribution is -0.142. The van der Waals surface area contributed by atoms with Gasteiger partial charge in [-0.05, 0) is 53.6 Å². The maximum Gasteiger partial charge on any atom is 0.303 e. The molecule has 8 heteroatoms. The van der Waals surface area contributed by atoms with Crippen LogP contribution in [0.25, 0.3) is 5.70 Å². The highest BCUT2D eigenvalue weighted by Gasteiger charge is 2.31. The van der Waals surface area contributed by atoms with Gasteiger partial charge < -0.3 is 19.3 Å². The first-order valence-electron chi connectivity index (χ1n) is 9.35. The first kappa shape index (κ1) is 21.0. The van der Waals surface area contributed by atoms with Gasteiger partial charge in [0, 0.05) is 6.42 Å². The Morgan fingerprint density at radius 2 is 1.67 bits per heavy atom. The first-order valence-corrected chi connectivity index (χ1v) is 9.35. The van der Waals surface area contributed by atoms with Gasteiger partial charge in [0.05, 0.1) is 39.5 Å². The predicted molar refractivity (Wildman–Crippen MR) is 110 cm³/mol. The third-order valence-electron chi connectivity index (χ3n) is 4.82. The summed E-state index contributed by atoms with van der Waals surface area (Å²) in [5.74, 6) is 0.503. The van der Waals surface area contributed by atoms with Crippen LogP contribution >= 0.6 is 0 Å². The zero-order valence-corrected chi connectivity index (χ0v) is 17.0. The SMILES string of the molecule is COc1ccc(C2=CC(c3ccc(OC)c(OC)c3)N(C(=O)CCC(=O)O)N2)cc1. The van der Waals surface area contributed by atoms with Crippen molar-refractivity contribution in [1.29, 1.82) is 0 Å². The first-order chi connectivity index (χ1) is 14.5. The molecule has 0 spiro atoms. The van der Waals surface area contributed by atoms with Crippen molar-refractivity contribution in [2.75, 3.05) is 21.3 Å². The third kappa shape index (κ3) is 4.48. The molecule has 1 heterocycles. The molecule has 2 N–H and O–H groups in total. The van der Waals surface area contributed by atoms with E-state index in [2.05, 4.69) is 5.43 Å². The zero-order chi connectivity index (χ0) is 21.7. The van der Waals surface area contributed by atoms with Crippen molar-refractivity contribution in [3.05, 3.63) is 59.7 Å². The van der Waals surface area contributed by atoms with Crippen LogP contribution in [0.15, 0.2) is 48.5 Å². The van der Waals surface area contributed by atoms with E-state index in [1.807, 2.05) is 36.4 Å². The zero-order valence-electron chi connectivity index (χ0n) is 17.0. The lowest BCUT2D eigenvalue weighted by Gasteiger charge is -2.26. The number of carbonyl (C=O) groups excluding carboxylic acids is 1. The maximum atomic E-state index is 12.8. The van der Waals surface area contributed by atoms with Gasteiger partial charge in [-0.3, -0.25) is 15.0 Å². The molecule has 0 fully saturated rings. The summed E-state index contributed by atoms with van der Waals surface area (Å²) in [4.78, 5) is 23.7. The number of carboxylic acid groups (broad SMARTS) is 1. The molecule has 2 aromatic carbocycles. The maximum absolute atomic E-state index is 12.8. The number of benzene rings is 2. The predicted octanol–water partition coefficient (Wildman–Crippen LogP) is 3.01. The van der Waals surface area contributed by atoms with Crippen molar-refractivity contribution in [2.24, 2.45) is 0 Å². The van der Waals surface area contributed by atoms with E-state index in [0.717, 1.165) is 22.6 Å². The van der Waals surface area contributed by atoms with Gasteiger partial charge in [0.1, 0.15) is 5.75 Å². The minimum absolute atomic E-state index is 0.115. The standard InChI is InChI=1S/C22H24N2O6/c1-28-16-7-4-14(5-8-16)17-13-18(24(23-17)21(25)10-11-22(26)27)15-6-9-19(29-2)20(12-15)30-3/h4-9,12-13,18,23H,10-11H2,1-3H3,(H,26,27). The van der Waals surface area contributed by atoms with Crippen molar-refractivity contribution in [3.8, 4) is 17.2 Å². The molecule has 0 aromatic heterocycles. The molecule has 1 aliphatic rings. The largest absolute Gasteiger partial charge is 0.497 e. The fraction of sp³-hybridized carbons (Fsp3) is 0.273. The number of aliphatic carboxylic acids is 1. The quantitative estimate of drug-likeness (QED) is 0.688. The van der Waals surface area contributed by atoms with Gasteiger partial charge in [-0.25, -0.2) is 5.01 Å². The molecule has 0 saturated heterocycles. The number of hydrogen-bond donors (Lipinski definition) is 2. The fourth-order valence-corrected chi connectivity index (χ4v) is 3.23. The van der Waals surface area contributed by atoms with Crippen LogP contribution in [-0.4, -0.2) is 43.3 Å². The van der Waals surface area contributed by atoms with Crippen LogP contribution in [0.2, 0.25) is 0 Å². The summed E-state index contributed by atoms with van der Waals surface area (Å²) in [6.45, 7) is 0. The summed E-state index contributed by atoms with van der Waals surface area (Å²) < 4.78 is 15.9. The number of hydrogen-bond acceptors (Lipinski definition) is 6. The number of amides is 1. The second kappa shape index (κ2) is 9.21. The molecular weight excluding hydrogens is 388 g/mol. The van der Waals surface area contributed by atoms with Crippen LogP contribution in [-0.2, 0) is 9.59 Å². The summed E-state index contributed by atoms with van der Waals surface area (Å²) >= 11 is 0. The Balaban J connectivity index is 1.95. The number of nitrogens with zero attached hydrogens (tertiary/aromatic N) is 1. The third-order valence-corrected chi connectivity index (χ3v) is 4.82. The molecule has 0 saturated carbocycles. The highest BCUT2D eigenvalue weighted by molar-refractivity contribution is 5.83. The van der Waals surface area contributed by atoms with Crippen molar-refractivity contribution in [3.63, 3.8) is 0 Å². The Kier molecular flexibility index (Phi) is 6.46. The van der Waals surface area contributed by atoms with E-state index in [0.29, 0.717) is 11.5 Å². The molecule has 1 atom stereocenters. The van der Waals surface area contributed by atoms with Crippen molar-refractivity contribution in [1.82, 2.24) is 10.4 Å². The molecule has 158 valence electrons. The average molecular weight is 412 g/mol. The van der Waals surface area contributed by atoms with E-state index in [1.165, 1.54) is 5.01 Å². The van der Waals surface area contributed by atoms with E-state index in [1.54, 1.807) is 33.5 Å². The van der Waals surface area contributed by atoms with Crippen LogP contribution < -0.4 is 19.6 Å². The van der Waals surface area contributed by atoms with Gasteiger partial charge in [-0.15, -0.1) is 0 Å². The number of ether oxygens (including phenoxy) is 3. The highest BCUT2D eigenvalue weighted by Crippen LogP contribution is 2.36. The van der Waals surface area contributed by atoms with Gasteiger partial charge in [0.15, 0.2) is 11.5 Å². The van der Waals surface area contributed by atoms with E-state index in [-0.39, 0.29) is 18.7 Å². The van der Waals surface area contributed by atoms with Gasteiger partial charge in [0.25, 0.3) is 0 Å². The van der Waals surface area contributed by atoms with Crippen LogP contribution in [0.1, 0.15) is 30.0 Å². The van der Waals surface area contributed by atoms with E-state index >= 15 is 0 Å². The van der Waals surface area contributed by atoms with Crippen LogP contribution in [0.5, 0.6) is 17.2 Å². The summed E-state index contributed by atoms with van der Waals surface area (Å²) in [7, 11) is 4.69. The highest BCUT2D eigenvalue weighted by atomic mass is 16.5. The second-order valence-electron chi connectivity index (χ2n) is 6.64. The van der Waals surface area contributed by atoms with Crippen molar-refractivity contribution >= 4 is 17.6 Å². The fourth-order valence-electron chi connectivity index (χ4n) is 3.23. The monoisotopic (exact) mass is 412 g/mol.